The third kappa shape index (κ3) is 3.34. The minimum absolute atomic E-state index is 0.0391. The van der Waals surface area contributed by atoms with E-state index in [0.717, 1.165) is 45.0 Å². The molecule has 3 heterocycles. The van der Waals surface area contributed by atoms with Crippen molar-refractivity contribution in [2.75, 3.05) is 26.3 Å². The maximum Gasteiger partial charge on any atom is 0.243 e. The van der Waals surface area contributed by atoms with Gasteiger partial charge in [0.05, 0.1) is 19.3 Å². The smallest absolute Gasteiger partial charge is 0.243 e. The lowest BCUT2D eigenvalue weighted by molar-refractivity contribution is -0.104. The van der Waals surface area contributed by atoms with Gasteiger partial charge in [0.25, 0.3) is 0 Å². The summed E-state index contributed by atoms with van der Waals surface area (Å²) in [5, 5.41) is 4.14. The van der Waals surface area contributed by atoms with Crippen LogP contribution in [0.1, 0.15) is 58.3 Å². The second kappa shape index (κ2) is 6.26. The average Bonchev–Trinajstić information content (AvgIpc) is 3.17. The van der Waals surface area contributed by atoms with Crippen molar-refractivity contribution in [2.24, 2.45) is 5.92 Å². The van der Waals surface area contributed by atoms with Crippen LogP contribution < -0.4 is 0 Å². The number of hydrogen-bond acceptors (Lipinski definition) is 6. The molecule has 6 heteroatoms. The SMILES string of the molecule is CC(c1nc(C(C)(C)C)no1)N1CCCC(C2OCCO2)C1. The van der Waals surface area contributed by atoms with Crippen LogP contribution in [0.4, 0.5) is 0 Å². The quantitative estimate of drug-likeness (QED) is 0.855. The monoisotopic (exact) mass is 309 g/mol. The minimum Gasteiger partial charge on any atom is -0.350 e. The summed E-state index contributed by atoms with van der Waals surface area (Å²) in [6.07, 6.45) is 2.27. The molecule has 1 aromatic rings. The maximum atomic E-state index is 5.67. The number of aromatic nitrogens is 2. The van der Waals surface area contributed by atoms with Gasteiger partial charge in [-0.15, -0.1) is 0 Å². The highest BCUT2D eigenvalue weighted by Gasteiger charge is 2.34. The van der Waals surface area contributed by atoms with Crippen molar-refractivity contribution in [2.45, 2.75) is 58.3 Å². The van der Waals surface area contributed by atoms with Crippen LogP contribution in [0.2, 0.25) is 0 Å². The number of rotatable bonds is 3. The summed E-state index contributed by atoms with van der Waals surface area (Å²) in [5.41, 5.74) is -0.0859. The van der Waals surface area contributed by atoms with Crippen molar-refractivity contribution in [3.05, 3.63) is 11.7 Å². The Morgan fingerprint density at radius 1 is 1.23 bits per heavy atom. The van der Waals surface area contributed by atoms with Gasteiger partial charge in [-0.3, -0.25) is 4.90 Å². The minimum atomic E-state index is -0.0859. The predicted molar refractivity (Wildman–Crippen MR) is 81.4 cm³/mol. The zero-order chi connectivity index (χ0) is 15.7. The molecule has 0 bridgehead atoms. The molecule has 0 amide bonds. The zero-order valence-electron chi connectivity index (χ0n) is 14.0. The largest absolute Gasteiger partial charge is 0.350 e. The van der Waals surface area contributed by atoms with Crippen LogP contribution in [0.5, 0.6) is 0 Å². The Hall–Kier alpha value is -0.980. The molecule has 0 N–H and O–H groups in total. The summed E-state index contributed by atoms with van der Waals surface area (Å²) < 4.78 is 16.9. The van der Waals surface area contributed by atoms with Crippen molar-refractivity contribution in [1.82, 2.24) is 15.0 Å². The van der Waals surface area contributed by atoms with E-state index in [1.54, 1.807) is 0 Å². The molecule has 3 rings (SSSR count). The number of ether oxygens (including phenoxy) is 2. The highest BCUT2D eigenvalue weighted by molar-refractivity contribution is 5.02. The summed E-state index contributed by atoms with van der Waals surface area (Å²) in [6, 6.07) is 0.132. The Balaban J connectivity index is 1.66. The summed E-state index contributed by atoms with van der Waals surface area (Å²) in [7, 11) is 0. The van der Waals surface area contributed by atoms with Crippen molar-refractivity contribution in [3.63, 3.8) is 0 Å². The zero-order valence-corrected chi connectivity index (χ0v) is 14.0. The second-order valence-electron chi connectivity index (χ2n) is 7.39. The van der Waals surface area contributed by atoms with E-state index in [-0.39, 0.29) is 17.7 Å². The Bertz CT molecular complexity index is 491. The number of piperidine rings is 1. The van der Waals surface area contributed by atoms with E-state index < -0.39 is 0 Å². The van der Waals surface area contributed by atoms with Crippen LogP contribution in [0, 0.1) is 5.92 Å². The maximum absolute atomic E-state index is 5.67. The Labute approximate surface area is 132 Å². The Morgan fingerprint density at radius 3 is 2.59 bits per heavy atom. The van der Waals surface area contributed by atoms with E-state index in [1.165, 1.54) is 0 Å². The molecule has 124 valence electrons. The average molecular weight is 309 g/mol. The van der Waals surface area contributed by atoms with Gasteiger partial charge in [0.15, 0.2) is 12.1 Å². The topological polar surface area (TPSA) is 60.6 Å². The Kier molecular flexibility index (Phi) is 4.52. The van der Waals surface area contributed by atoms with Crippen molar-refractivity contribution in [1.29, 1.82) is 0 Å². The molecule has 0 spiro atoms. The summed E-state index contributed by atoms with van der Waals surface area (Å²) in [5.74, 6) is 1.91. The molecule has 2 aliphatic rings. The molecule has 0 radical (unpaired) electrons. The molecule has 2 atom stereocenters. The first-order chi connectivity index (χ1) is 10.4. The summed E-state index contributed by atoms with van der Waals surface area (Å²) >= 11 is 0. The molecule has 2 aliphatic heterocycles. The molecular weight excluding hydrogens is 282 g/mol. The van der Waals surface area contributed by atoms with Crippen LogP contribution >= 0.6 is 0 Å². The molecule has 2 saturated heterocycles. The lowest BCUT2D eigenvalue weighted by atomic mass is 9.95. The van der Waals surface area contributed by atoms with E-state index in [4.69, 9.17) is 14.0 Å². The fourth-order valence-electron chi connectivity index (χ4n) is 3.13. The number of nitrogens with zero attached hydrogens (tertiary/aromatic N) is 3. The first kappa shape index (κ1) is 15.9. The van der Waals surface area contributed by atoms with Gasteiger partial charge < -0.3 is 14.0 Å². The van der Waals surface area contributed by atoms with Crippen LogP contribution in [0.3, 0.4) is 0 Å². The van der Waals surface area contributed by atoms with Gasteiger partial charge in [0.2, 0.25) is 5.89 Å². The molecule has 1 aromatic heterocycles. The lowest BCUT2D eigenvalue weighted by Gasteiger charge is -2.36. The van der Waals surface area contributed by atoms with E-state index in [2.05, 4.69) is 42.7 Å². The van der Waals surface area contributed by atoms with Gasteiger partial charge in [-0.2, -0.15) is 4.98 Å². The third-order valence-corrected chi connectivity index (χ3v) is 4.54. The van der Waals surface area contributed by atoms with Crippen LogP contribution in [-0.2, 0) is 14.9 Å². The summed E-state index contributed by atoms with van der Waals surface area (Å²) in [4.78, 5) is 7.00. The van der Waals surface area contributed by atoms with Gasteiger partial charge in [0, 0.05) is 17.9 Å². The number of hydrogen-bond donors (Lipinski definition) is 0. The number of likely N-dealkylation sites (tertiary alicyclic amines) is 1. The molecule has 0 aromatic carbocycles. The van der Waals surface area contributed by atoms with Gasteiger partial charge in [-0.25, -0.2) is 0 Å². The van der Waals surface area contributed by atoms with Gasteiger partial charge in [0.1, 0.15) is 0 Å². The van der Waals surface area contributed by atoms with E-state index in [9.17, 15) is 0 Å². The third-order valence-electron chi connectivity index (χ3n) is 4.54. The van der Waals surface area contributed by atoms with Crippen LogP contribution in [-0.4, -0.2) is 47.6 Å². The highest BCUT2D eigenvalue weighted by atomic mass is 16.7. The van der Waals surface area contributed by atoms with E-state index >= 15 is 0 Å². The normalized spacial score (nSPS) is 26.5. The van der Waals surface area contributed by atoms with Gasteiger partial charge in [-0.05, 0) is 26.3 Å². The summed E-state index contributed by atoms with van der Waals surface area (Å²) in [6.45, 7) is 11.9. The molecule has 6 nitrogen and oxygen atoms in total. The molecule has 0 saturated carbocycles. The second-order valence-corrected chi connectivity index (χ2v) is 7.39. The standard InChI is InChI=1S/C16H27N3O3/c1-11(13-17-15(18-22-13)16(2,3)4)19-7-5-6-12(10-19)14-20-8-9-21-14/h11-12,14H,5-10H2,1-4H3. The van der Waals surface area contributed by atoms with Crippen molar-refractivity contribution in [3.8, 4) is 0 Å². The molecule has 22 heavy (non-hydrogen) atoms. The van der Waals surface area contributed by atoms with Crippen LogP contribution in [0.15, 0.2) is 4.52 Å². The molecule has 2 fully saturated rings. The van der Waals surface area contributed by atoms with E-state index in [1.807, 2.05) is 0 Å². The van der Waals surface area contributed by atoms with Gasteiger partial charge >= 0.3 is 0 Å². The molecular formula is C16H27N3O3. The first-order valence-electron chi connectivity index (χ1n) is 8.26. The van der Waals surface area contributed by atoms with Crippen molar-refractivity contribution < 1.29 is 14.0 Å². The fourth-order valence-corrected chi connectivity index (χ4v) is 3.13. The highest BCUT2D eigenvalue weighted by Crippen LogP contribution is 2.30. The van der Waals surface area contributed by atoms with E-state index in [0.29, 0.717) is 11.8 Å². The lowest BCUT2D eigenvalue weighted by Crippen LogP contribution is -2.42. The molecule has 0 aliphatic carbocycles. The molecule has 2 unspecified atom stereocenters. The van der Waals surface area contributed by atoms with Gasteiger partial charge in [-0.1, -0.05) is 25.9 Å². The van der Waals surface area contributed by atoms with Crippen molar-refractivity contribution >= 4 is 0 Å². The van der Waals surface area contributed by atoms with Crippen LogP contribution in [0.25, 0.3) is 0 Å². The predicted octanol–water partition coefficient (Wildman–Crippen LogP) is 2.51. The first-order valence-corrected chi connectivity index (χ1v) is 8.26. The fraction of sp³-hybridized carbons (Fsp3) is 0.875. The Morgan fingerprint density at radius 2 is 1.95 bits per heavy atom.